The van der Waals surface area contributed by atoms with E-state index in [2.05, 4.69) is 0 Å². The largest absolute Gasteiger partial charge is 0.383 e. The van der Waals surface area contributed by atoms with Gasteiger partial charge in [-0.25, -0.2) is 13.3 Å². The van der Waals surface area contributed by atoms with Gasteiger partial charge in [0.05, 0.1) is 17.3 Å². The Morgan fingerprint density at radius 1 is 1.37 bits per heavy atom. The zero-order valence-electron chi connectivity index (χ0n) is 14.9. The van der Waals surface area contributed by atoms with Gasteiger partial charge < -0.3 is 14.9 Å². The molecule has 27 heavy (non-hydrogen) atoms. The summed E-state index contributed by atoms with van der Waals surface area (Å²) in [6.07, 6.45) is 0. The van der Waals surface area contributed by atoms with Crippen molar-refractivity contribution in [3.8, 4) is 0 Å². The summed E-state index contributed by atoms with van der Waals surface area (Å²) in [5, 5.41) is 31.3. The number of nitro groups is 1. The average Bonchev–Trinajstić information content (AvgIpc) is 2.62. The zero-order chi connectivity index (χ0) is 20.1. The van der Waals surface area contributed by atoms with Crippen molar-refractivity contribution < 1.29 is 28.3 Å². The summed E-state index contributed by atoms with van der Waals surface area (Å²) in [6.45, 7) is 0.472. The first-order valence-electron chi connectivity index (χ1n) is 8.20. The van der Waals surface area contributed by atoms with E-state index in [-0.39, 0.29) is 32.0 Å². The summed E-state index contributed by atoms with van der Waals surface area (Å²) in [5.74, 6) is -1.22. The predicted molar refractivity (Wildman–Crippen MR) is 99.8 cm³/mol. The highest BCUT2D eigenvalue weighted by atomic mass is 32.2. The van der Waals surface area contributed by atoms with Crippen molar-refractivity contribution in [2.45, 2.75) is 10.8 Å². The molecule has 1 saturated heterocycles. The van der Waals surface area contributed by atoms with Crippen LogP contribution >= 0.6 is 11.8 Å². The molecule has 0 aliphatic carbocycles. The van der Waals surface area contributed by atoms with Crippen molar-refractivity contribution in [3.05, 3.63) is 34.4 Å². The van der Waals surface area contributed by atoms with Crippen LogP contribution in [0.15, 0.2) is 29.2 Å². The lowest BCUT2D eigenvalue weighted by atomic mass is 10.3. The molecule has 0 unspecified atom stereocenters. The fraction of sp³-hybridized carbons (Fsp3) is 0.600. The number of thioether (sulfide) groups is 1. The third-order valence-corrected chi connectivity index (χ3v) is 7.16. The number of methoxy groups -OCH3 is 1. The number of nitro benzene ring substituents is 1. The lowest BCUT2D eigenvalue weighted by Gasteiger charge is -2.39. The highest BCUT2D eigenvalue weighted by Gasteiger charge is 2.37. The molecule has 0 spiro atoms. The van der Waals surface area contributed by atoms with Gasteiger partial charge in [0.15, 0.2) is 4.90 Å². The van der Waals surface area contributed by atoms with Gasteiger partial charge in [-0.2, -0.15) is 16.1 Å². The van der Waals surface area contributed by atoms with Gasteiger partial charge in [0, 0.05) is 45.1 Å². The van der Waals surface area contributed by atoms with Crippen molar-refractivity contribution in [3.63, 3.8) is 0 Å². The number of aliphatic hydroxyl groups is 2. The topological polar surface area (TPSA) is 133 Å². The molecule has 152 valence electrons. The number of hydrogen-bond donors (Lipinski definition) is 2. The third-order valence-electron chi connectivity index (χ3n) is 4.15. The van der Waals surface area contributed by atoms with Gasteiger partial charge in [0.25, 0.3) is 5.69 Å². The van der Waals surface area contributed by atoms with Crippen LogP contribution in [-0.4, -0.2) is 90.1 Å². The molecule has 1 aliphatic heterocycles. The van der Waals surface area contributed by atoms with Crippen molar-refractivity contribution in [1.82, 2.24) is 9.21 Å². The Morgan fingerprint density at radius 3 is 2.70 bits per heavy atom. The third kappa shape index (κ3) is 5.38. The standard InChI is InChI=1S/C15H23N3O7S2/c1-25-10-8-17(7-6-16-9-11-26-12-15(16,19)20)27(23,24)14-5-3-2-4-13(14)18(21)22/h2-5,19-20H,6-12H2,1H3. The number of hydrogen-bond acceptors (Lipinski definition) is 9. The van der Waals surface area contributed by atoms with Crippen molar-refractivity contribution >= 4 is 27.5 Å². The van der Waals surface area contributed by atoms with Crippen molar-refractivity contribution in [2.24, 2.45) is 0 Å². The van der Waals surface area contributed by atoms with Crippen LogP contribution in [0.5, 0.6) is 0 Å². The van der Waals surface area contributed by atoms with E-state index in [4.69, 9.17) is 4.74 Å². The molecule has 12 heteroatoms. The first-order valence-corrected chi connectivity index (χ1v) is 10.8. The zero-order valence-corrected chi connectivity index (χ0v) is 16.5. The van der Waals surface area contributed by atoms with E-state index in [1.165, 1.54) is 42.0 Å². The molecule has 1 aromatic carbocycles. The molecule has 1 aromatic rings. The van der Waals surface area contributed by atoms with Gasteiger partial charge >= 0.3 is 0 Å². The van der Waals surface area contributed by atoms with Crippen LogP contribution in [-0.2, 0) is 14.8 Å². The van der Waals surface area contributed by atoms with Crippen molar-refractivity contribution in [1.29, 1.82) is 0 Å². The first kappa shape index (κ1) is 22.0. The van der Waals surface area contributed by atoms with Crippen LogP contribution in [0.1, 0.15) is 0 Å². The van der Waals surface area contributed by atoms with Crippen LogP contribution in [0.4, 0.5) is 5.69 Å². The summed E-state index contributed by atoms with van der Waals surface area (Å²) in [4.78, 5) is 11.5. The maximum absolute atomic E-state index is 13.0. The number of benzene rings is 1. The molecule has 0 atom stereocenters. The quantitative estimate of drug-likeness (QED) is 0.319. The number of nitrogens with zero attached hydrogens (tertiary/aromatic N) is 3. The van der Waals surface area contributed by atoms with E-state index in [9.17, 15) is 28.7 Å². The van der Waals surface area contributed by atoms with E-state index in [0.29, 0.717) is 12.3 Å². The number of rotatable bonds is 9. The molecule has 0 saturated carbocycles. The molecule has 0 bridgehead atoms. The van der Waals surface area contributed by atoms with E-state index < -0.39 is 31.4 Å². The normalized spacial score (nSPS) is 17.9. The fourth-order valence-corrected chi connectivity index (χ4v) is 5.21. The molecule has 0 amide bonds. The fourth-order valence-electron chi connectivity index (χ4n) is 2.69. The monoisotopic (exact) mass is 421 g/mol. The maximum atomic E-state index is 13.0. The van der Waals surface area contributed by atoms with Gasteiger partial charge in [-0.15, -0.1) is 0 Å². The molecular formula is C15H23N3O7S2. The van der Waals surface area contributed by atoms with E-state index >= 15 is 0 Å². The highest BCUT2D eigenvalue weighted by Crippen LogP contribution is 2.27. The Hall–Kier alpha value is -1.28. The number of sulfonamides is 1. The minimum Gasteiger partial charge on any atom is -0.383 e. The molecule has 1 heterocycles. The Balaban J connectivity index is 2.25. The predicted octanol–water partition coefficient (Wildman–Crippen LogP) is -0.0809. The molecule has 10 nitrogen and oxygen atoms in total. The first-order chi connectivity index (χ1) is 12.7. The Bertz CT molecular complexity index is 758. The van der Waals surface area contributed by atoms with Gasteiger partial charge in [0.2, 0.25) is 15.9 Å². The maximum Gasteiger partial charge on any atom is 0.289 e. The molecule has 1 aliphatic rings. The summed E-state index contributed by atoms with van der Waals surface area (Å²) in [6, 6.07) is 5.14. The summed E-state index contributed by atoms with van der Waals surface area (Å²) in [7, 11) is -2.75. The SMILES string of the molecule is COCCN(CCN1CCSCC1(O)O)S(=O)(=O)c1ccccc1[N+](=O)[O-]. The smallest absolute Gasteiger partial charge is 0.289 e. The van der Waals surface area contributed by atoms with Gasteiger partial charge in [-0.1, -0.05) is 12.1 Å². The second kappa shape index (κ2) is 9.28. The van der Waals surface area contributed by atoms with E-state index in [0.717, 1.165) is 10.4 Å². The van der Waals surface area contributed by atoms with E-state index in [1.54, 1.807) is 0 Å². The molecular weight excluding hydrogens is 398 g/mol. The van der Waals surface area contributed by atoms with Crippen LogP contribution < -0.4 is 0 Å². The van der Waals surface area contributed by atoms with Crippen LogP contribution in [0.2, 0.25) is 0 Å². The highest BCUT2D eigenvalue weighted by molar-refractivity contribution is 7.99. The minimum atomic E-state index is -4.17. The second-order valence-corrected chi connectivity index (χ2v) is 8.95. The molecule has 1 fully saturated rings. The molecule has 2 N–H and O–H groups in total. The summed E-state index contributed by atoms with van der Waals surface area (Å²) >= 11 is 1.39. The lowest BCUT2D eigenvalue weighted by molar-refractivity contribution is -0.387. The second-order valence-electron chi connectivity index (χ2n) is 5.94. The Kier molecular flexibility index (Phi) is 7.56. The van der Waals surface area contributed by atoms with Gasteiger partial charge in [-0.3, -0.25) is 10.1 Å². The summed E-state index contributed by atoms with van der Waals surface area (Å²) < 4.78 is 32.1. The Morgan fingerprint density at radius 2 is 2.07 bits per heavy atom. The summed E-state index contributed by atoms with van der Waals surface area (Å²) in [5.41, 5.74) is -0.507. The van der Waals surface area contributed by atoms with Gasteiger partial charge in [-0.05, 0) is 6.07 Å². The average molecular weight is 421 g/mol. The minimum absolute atomic E-state index is 0.0165. The molecule has 2 rings (SSSR count). The van der Waals surface area contributed by atoms with Crippen LogP contribution in [0.3, 0.4) is 0 Å². The van der Waals surface area contributed by atoms with Crippen LogP contribution in [0, 0.1) is 10.1 Å². The number of ether oxygens (including phenoxy) is 1. The lowest BCUT2D eigenvalue weighted by Crippen LogP contribution is -2.56. The molecule has 0 aromatic heterocycles. The Labute approximate surface area is 161 Å². The van der Waals surface area contributed by atoms with Crippen molar-refractivity contribution in [2.75, 3.05) is 51.4 Å². The number of para-hydroxylation sites is 1. The molecule has 0 radical (unpaired) electrons. The van der Waals surface area contributed by atoms with E-state index in [1.807, 2.05) is 0 Å². The van der Waals surface area contributed by atoms with Crippen LogP contribution in [0.25, 0.3) is 0 Å². The van der Waals surface area contributed by atoms with Gasteiger partial charge in [0.1, 0.15) is 0 Å².